The summed E-state index contributed by atoms with van der Waals surface area (Å²) in [6.45, 7) is 5.84. The Balaban J connectivity index is 1.80. The summed E-state index contributed by atoms with van der Waals surface area (Å²) in [6.07, 6.45) is 0. The number of aromatic amines is 1. The van der Waals surface area contributed by atoms with Gasteiger partial charge in [0.1, 0.15) is 11.6 Å². The molecule has 146 valence electrons. The van der Waals surface area contributed by atoms with E-state index in [1.165, 1.54) is 0 Å². The van der Waals surface area contributed by atoms with Gasteiger partial charge in [-0.3, -0.25) is 9.59 Å². The van der Waals surface area contributed by atoms with Gasteiger partial charge in [0, 0.05) is 11.3 Å². The Kier molecular flexibility index (Phi) is 6.15. The Morgan fingerprint density at radius 1 is 1.14 bits per heavy atom. The average molecular weight is 404 g/mol. The Morgan fingerprint density at radius 3 is 2.52 bits per heavy atom. The first kappa shape index (κ1) is 20.4. The molecule has 1 aromatic heterocycles. The average Bonchev–Trinajstić information content (AvgIpc) is 2.69. The smallest absolute Gasteiger partial charge is 0.270 e. The molecule has 0 radical (unpaired) electrons. The Morgan fingerprint density at radius 2 is 1.83 bits per heavy atom. The van der Waals surface area contributed by atoms with Crippen molar-refractivity contribution in [3.05, 3.63) is 75.1 Å². The largest absolute Gasteiger partial charge is 0.325 e. The summed E-state index contributed by atoms with van der Waals surface area (Å²) in [5.74, 6) is -0.122. The van der Waals surface area contributed by atoms with Crippen molar-refractivity contribution in [2.45, 2.75) is 25.9 Å². The zero-order chi connectivity index (χ0) is 21.0. The van der Waals surface area contributed by atoms with Crippen LogP contribution in [0.25, 0.3) is 11.3 Å². The van der Waals surface area contributed by atoms with Crippen LogP contribution in [-0.4, -0.2) is 21.6 Å². The van der Waals surface area contributed by atoms with Gasteiger partial charge in [0.2, 0.25) is 5.91 Å². The van der Waals surface area contributed by atoms with Gasteiger partial charge >= 0.3 is 0 Å². The molecular formula is C22H20N4O2S. The number of anilines is 1. The zero-order valence-electron chi connectivity index (χ0n) is 16.4. The van der Waals surface area contributed by atoms with Gasteiger partial charge in [-0.1, -0.05) is 53.7 Å². The van der Waals surface area contributed by atoms with E-state index < -0.39 is 5.56 Å². The van der Waals surface area contributed by atoms with E-state index in [2.05, 4.69) is 15.3 Å². The number of rotatable bonds is 5. The highest BCUT2D eigenvalue weighted by molar-refractivity contribution is 7.99. The van der Waals surface area contributed by atoms with Crippen LogP contribution in [0.2, 0.25) is 0 Å². The van der Waals surface area contributed by atoms with Crippen molar-refractivity contribution in [1.82, 2.24) is 9.97 Å². The van der Waals surface area contributed by atoms with Gasteiger partial charge in [-0.2, -0.15) is 5.26 Å². The number of nitrogens with zero attached hydrogens (tertiary/aromatic N) is 2. The topological polar surface area (TPSA) is 98.6 Å². The van der Waals surface area contributed by atoms with Crippen molar-refractivity contribution < 1.29 is 4.79 Å². The highest BCUT2D eigenvalue weighted by Gasteiger charge is 2.15. The summed E-state index contributed by atoms with van der Waals surface area (Å²) < 4.78 is 0. The van der Waals surface area contributed by atoms with Gasteiger partial charge < -0.3 is 10.3 Å². The number of carbonyl (C=O) groups excluding carboxylic acids is 1. The minimum atomic E-state index is -0.518. The van der Waals surface area contributed by atoms with Gasteiger partial charge in [0.05, 0.1) is 11.4 Å². The van der Waals surface area contributed by atoms with Gasteiger partial charge in [0.15, 0.2) is 5.16 Å². The number of amides is 1. The van der Waals surface area contributed by atoms with Crippen LogP contribution in [0.3, 0.4) is 0 Å². The fraction of sp³-hybridized carbons (Fsp3) is 0.182. The molecule has 6 nitrogen and oxygen atoms in total. The van der Waals surface area contributed by atoms with Crippen molar-refractivity contribution in [3.8, 4) is 17.3 Å². The van der Waals surface area contributed by atoms with Crippen LogP contribution in [0.1, 0.15) is 22.3 Å². The standard InChI is InChI=1S/C22H20N4O2S/c1-13-5-8-16(9-6-13)20-17(11-23)21(28)26-22(25-20)29-12-19(27)24-18-10-14(2)4-7-15(18)3/h4-10H,12H2,1-3H3,(H,24,27)(H,25,26,28). The molecule has 0 fully saturated rings. The highest BCUT2D eigenvalue weighted by atomic mass is 32.2. The van der Waals surface area contributed by atoms with E-state index in [4.69, 9.17) is 0 Å². The third-order valence-corrected chi connectivity index (χ3v) is 5.21. The maximum absolute atomic E-state index is 12.3. The maximum Gasteiger partial charge on any atom is 0.270 e. The van der Waals surface area contributed by atoms with E-state index in [0.29, 0.717) is 16.4 Å². The first-order chi connectivity index (χ1) is 13.9. The van der Waals surface area contributed by atoms with E-state index in [0.717, 1.165) is 34.1 Å². The first-order valence-electron chi connectivity index (χ1n) is 8.98. The summed E-state index contributed by atoms with van der Waals surface area (Å²) in [5.41, 5.74) is 4.29. The number of nitriles is 1. The summed E-state index contributed by atoms with van der Waals surface area (Å²) in [6, 6.07) is 15.2. The minimum Gasteiger partial charge on any atom is -0.325 e. The first-order valence-corrected chi connectivity index (χ1v) is 9.97. The number of carbonyl (C=O) groups is 1. The normalized spacial score (nSPS) is 10.4. The monoisotopic (exact) mass is 404 g/mol. The molecule has 3 aromatic rings. The quantitative estimate of drug-likeness (QED) is 0.495. The molecule has 0 aliphatic carbocycles. The molecule has 0 unspecified atom stereocenters. The van der Waals surface area contributed by atoms with Gasteiger partial charge in [-0.05, 0) is 38.0 Å². The molecule has 29 heavy (non-hydrogen) atoms. The lowest BCUT2D eigenvalue weighted by Gasteiger charge is -2.10. The van der Waals surface area contributed by atoms with E-state index >= 15 is 0 Å². The Bertz CT molecular complexity index is 1160. The van der Waals surface area contributed by atoms with Crippen LogP contribution in [-0.2, 0) is 4.79 Å². The lowest BCUT2D eigenvalue weighted by Crippen LogP contribution is -2.18. The van der Waals surface area contributed by atoms with Crippen LogP contribution in [0.5, 0.6) is 0 Å². The lowest BCUT2D eigenvalue weighted by molar-refractivity contribution is -0.113. The Hall–Kier alpha value is -3.37. The van der Waals surface area contributed by atoms with Crippen LogP contribution < -0.4 is 10.9 Å². The van der Waals surface area contributed by atoms with Crippen LogP contribution in [0.15, 0.2) is 52.4 Å². The number of benzene rings is 2. The molecule has 0 saturated heterocycles. The lowest BCUT2D eigenvalue weighted by atomic mass is 10.1. The SMILES string of the molecule is Cc1ccc(-c2nc(SCC(=O)Nc3cc(C)ccc3C)[nH]c(=O)c2C#N)cc1. The molecule has 1 amide bonds. The molecule has 2 aromatic carbocycles. The van der Waals surface area contributed by atoms with E-state index in [-0.39, 0.29) is 17.2 Å². The number of H-pyrrole nitrogens is 1. The third-order valence-electron chi connectivity index (χ3n) is 4.34. The fourth-order valence-corrected chi connectivity index (χ4v) is 3.40. The van der Waals surface area contributed by atoms with Crippen LogP contribution in [0, 0.1) is 32.1 Å². The molecule has 0 saturated carbocycles. The van der Waals surface area contributed by atoms with Crippen molar-refractivity contribution >= 4 is 23.4 Å². The molecule has 0 bridgehead atoms. The highest BCUT2D eigenvalue weighted by Crippen LogP contribution is 2.23. The predicted molar refractivity (Wildman–Crippen MR) is 115 cm³/mol. The molecule has 3 rings (SSSR count). The molecular weight excluding hydrogens is 384 g/mol. The maximum atomic E-state index is 12.3. The molecule has 0 aliphatic heterocycles. The van der Waals surface area contributed by atoms with Crippen molar-refractivity contribution in [2.75, 3.05) is 11.1 Å². The number of thioether (sulfide) groups is 1. The number of nitrogens with one attached hydrogen (secondary N) is 2. The van der Waals surface area contributed by atoms with Crippen molar-refractivity contribution in [3.63, 3.8) is 0 Å². The number of aryl methyl sites for hydroxylation is 3. The van der Waals surface area contributed by atoms with Gasteiger partial charge in [0.25, 0.3) is 5.56 Å². The fourth-order valence-electron chi connectivity index (χ4n) is 2.74. The van der Waals surface area contributed by atoms with E-state index in [1.807, 2.05) is 69.3 Å². The molecule has 0 spiro atoms. The molecule has 2 N–H and O–H groups in total. The second-order valence-corrected chi connectivity index (χ2v) is 7.69. The van der Waals surface area contributed by atoms with E-state index in [1.54, 1.807) is 0 Å². The van der Waals surface area contributed by atoms with Gasteiger partial charge in [-0.15, -0.1) is 0 Å². The van der Waals surface area contributed by atoms with Crippen LogP contribution in [0.4, 0.5) is 5.69 Å². The van der Waals surface area contributed by atoms with Gasteiger partial charge in [-0.25, -0.2) is 4.98 Å². The molecule has 1 heterocycles. The summed E-state index contributed by atoms with van der Waals surface area (Å²) in [4.78, 5) is 31.7. The van der Waals surface area contributed by atoms with Crippen molar-refractivity contribution in [2.24, 2.45) is 0 Å². The van der Waals surface area contributed by atoms with Crippen LogP contribution >= 0.6 is 11.8 Å². The molecule has 0 atom stereocenters. The number of hydrogen-bond donors (Lipinski definition) is 2. The second kappa shape index (κ2) is 8.76. The number of hydrogen-bond acceptors (Lipinski definition) is 5. The van der Waals surface area contributed by atoms with E-state index in [9.17, 15) is 14.9 Å². The summed E-state index contributed by atoms with van der Waals surface area (Å²) in [7, 11) is 0. The predicted octanol–water partition coefficient (Wildman–Crippen LogP) is 3.96. The summed E-state index contributed by atoms with van der Waals surface area (Å²) >= 11 is 1.12. The molecule has 7 heteroatoms. The Labute approximate surface area is 173 Å². The minimum absolute atomic E-state index is 0.0435. The zero-order valence-corrected chi connectivity index (χ0v) is 17.2. The summed E-state index contributed by atoms with van der Waals surface area (Å²) in [5, 5.41) is 12.5. The second-order valence-electron chi connectivity index (χ2n) is 6.73. The van der Waals surface area contributed by atoms with Crippen molar-refractivity contribution in [1.29, 1.82) is 5.26 Å². The third kappa shape index (κ3) is 4.92. The number of aromatic nitrogens is 2. The molecule has 0 aliphatic rings.